The van der Waals surface area contributed by atoms with Crippen molar-refractivity contribution >= 4 is 64.5 Å². The zero-order valence-electron chi connectivity index (χ0n) is 8.67. The molecule has 0 amide bonds. The molecule has 0 fully saturated rings. The van der Waals surface area contributed by atoms with E-state index in [1.165, 1.54) is 53.1 Å². The molecule has 18 heavy (non-hydrogen) atoms. The first-order chi connectivity index (χ1) is 8.72. The second-order valence-electron chi connectivity index (χ2n) is 3.34. The van der Waals surface area contributed by atoms with E-state index in [9.17, 15) is 9.59 Å². The van der Waals surface area contributed by atoms with Gasteiger partial charge in [0.25, 0.3) is 9.48 Å². The van der Waals surface area contributed by atoms with Gasteiger partial charge < -0.3 is 4.90 Å². The Morgan fingerprint density at radius 1 is 1.00 bits per heavy atom. The number of nitriles is 1. The maximum absolute atomic E-state index is 11.9. The summed E-state index contributed by atoms with van der Waals surface area (Å²) >= 11 is 1.49. The van der Waals surface area contributed by atoms with Crippen LogP contribution in [-0.4, -0.2) is 6.54 Å². The highest BCUT2D eigenvalue weighted by Crippen LogP contribution is 2.51. The molecule has 0 saturated carbocycles. The molecule has 3 rings (SSSR count). The summed E-state index contributed by atoms with van der Waals surface area (Å²) in [7, 11) is 5.25. The average Bonchev–Trinajstić information content (AvgIpc) is 2.91. The molecule has 0 aromatic carbocycles. The van der Waals surface area contributed by atoms with Crippen molar-refractivity contribution in [3.63, 3.8) is 0 Å². The maximum atomic E-state index is 11.9. The molecule has 0 unspecified atom stereocenters. The van der Waals surface area contributed by atoms with Gasteiger partial charge in [-0.3, -0.25) is 9.59 Å². The third-order valence-electron chi connectivity index (χ3n) is 2.33. The first-order valence-electron chi connectivity index (χ1n) is 4.81. The predicted octanol–water partition coefficient (Wildman–Crippen LogP) is 3.17. The van der Waals surface area contributed by atoms with Crippen LogP contribution in [0, 0.1) is 11.3 Å². The SMILES string of the molecule is N#CCCN1c2c(ssc2=O)Sc2ssc(=O)c21. The summed E-state index contributed by atoms with van der Waals surface area (Å²) in [6, 6.07) is 2.06. The number of nitrogens with zero attached hydrogens (tertiary/aromatic N) is 2. The van der Waals surface area contributed by atoms with Crippen molar-refractivity contribution in [2.75, 3.05) is 11.4 Å². The Morgan fingerprint density at radius 3 is 2.06 bits per heavy atom. The van der Waals surface area contributed by atoms with Gasteiger partial charge in [0, 0.05) is 6.54 Å². The Morgan fingerprint density at radius 2 is 1.56 bits per heavy atom. The first-order valence-corrected chi connectivity index (χ1v) is 9.92. The minimum absolute atomic E-state index is 0.0262. The van der Waals surface area contributed by atoms with E-state index in [2.05, 4.69) is 6.07 Å². The van der Waals surface area contributed by atoms with E-state index in [4.69, 9.17) is 5.26 Å². The summed E-state index contributed by atoms with van der Waals surface area (Å²) < 4.78 is 1.82. The molecule has 0 spiro atoms. The minimum Gasteiger partial charge on any atom is -0.329 e. The molecule has 2 aromatic heterocycles. The van der Waals surface area contributed by atoms with Crippen molar-refractivity contribution in [3.8, 4) is 6.07 Å². The van der Waals surface area contributed by atoms with Crippen LogP contribution in [0.4, 0.5) is 11.4 Å². The summed E-state index contributed by atoms with van der Waals surface area (Å²) in [5, 5.41) is 8.71. The van der Waals surface area contributed by atoms with Crippen LogP contribution < -0.4 is 14.4 Å². The molecule has 0 atom stereocenters. The van der Waals surface area contributed by atoms with Crippen LogP contribution in [0.2, 0.25) is 0 Å². The lowest BCUT2D eigenvalue weighted by Gasteiger charge is -2.25. The van der Waals surface area contributed by atoms with E-state index < -0.39 is 0 Å². The molecule has 0 radical (unpaired) electrons. The smallest absolute Gasteiger partial charge is 0.267 e. The van der Waals surface area contributed by atoms with Crippen LogP contribution >= 0.6 is 53.1 Å². The third kappa shape index (κ3) is 1.85. The van der Waals surface area contributed by atoms with Crippen molar-refractivity contribution < 1.29 is 0 Å². The van der Waals surface area contributed by atoms with E-state index in [-0.39, 0.29) is 9.48 Å². The maximum Gasteiger partial charge on any atom is 0.267 e. The van der Waals surface area contributed by atoms with Crippen LogP contribution in [-0.2, 0) is 0 Å². The third-order valence-corrected chi connectivity index (χ3v) is 8.68. The minimum atomic E-state index is -0.0262. The molecule has 4 nitrogen and oxygen atoms in total. The Kier molecular flexibility index (Phi) is 3.29. The molecule has 0 bridgehead atoms. The van der Waals surface area contributed by atoms with E-state index in [0.29, 0.717) is 24.3 Å². The molecule has 92 valence electrons. The van der Waals surface area contributed by atoms with Gasteiger partial charge in [-0.05, 0) is 20.7 Å². The molecule has 0 N–H and O–H groups in total. The fourth-order valence-corrected chi connectivity index (χ4v) is 8.11. The fourth-order valence-electron chi connectivity index (χ4n) is 1.63. The van der Waals surface area contributed by atoms with Gasteiger partial charge in [-0.25, -0.2) is 0 Å². The lowest BCUT2D eigenvalue weighted by atomic mass is 10.3. The van der Waals surface area contributed by atoms with E-state index in [0.717, 1.165) is 8.42 Å². The number of hydrogen-bond acceptors (Lipinski definition) is 9. The summed E-state index contributed by atoms with van der Waals surface area (Å²) in [5.74, 6) is 0. The molecule has 9 heteroatoms. The van der Waals surface area contributed by atoms with Crippen LogP contribution in [0.5, 0.6) is 0 Å². The first kappa shape index (κ1) is 12.4. The van der Waals surface area contributed by atoms with Gasteiger partial charge in [0.2, 0.25) is 0 Å². The number of rotatable bonds is 2. The highest BCUT2D eigenvalue weighted by atomic mass is 32.9. The van der Waals surface area contributed by atoms with Crippen LogP contribution in [0.15, 0.2) is 18.0 Å². The van der Waals surface area contributed by atoms with E-state index in [1.54, 1.807) is 4.90 Å². The number of hydrogen-bond donors (Lipinski definition) is 0. The lowest BCUT2D eigenvalue weighted by molar-refractivity contribution is 0.928. The average molecular weight is 332 g/mol. The van der Waals surface area contributed by atoms with Gasteiger partial charge >= 0.3 is 0 Å². The monoisotopic (exact) mass is 332 g/mol. The predicted molar refractivity (Wildman–Crippen MR) is 78.3 cm³/mol. The Hall–Kier alpha value is -0.660. The summed E-state index contributed by atoms with van der Waals surface area (Å²) in [4.78, 5) is 25.5. The summed E-state index contributed by atoms with van der Waals surface area (Å²) in [5.41, 5.74) is 1.17. The van der Waals surface area contributed by atoms with Gasteiger partial charge in [0.05, 0.1) is 12.5 Å². The number of anilines is 2. The van der Waals surface area contributed by atoms with Crippen LogP contribution in [0.1, 0.15) is 6.42 Å². The van der Waals surface area contributed by atoms with Crippen LogP contribution in [0.25, 0.3) is 0 Å². The zero-order valence-corrected chi connectivity index (χ0v) is 12.7. The molecule has 1 aliphatic rings. The summed E-state index contributed by atoms with van der Waals surface area (Å²) in [6.07, 6.45) is 0.295. The molecular weight excluding hydrogens is 328 g/mol. The fraction of sp³-hybridized carbons (Fsp3) is 0.222. The van der Waals surface area contributed by atoms with Gasteiger partial charge in [-0.15, -0.1) is 0 Å². The summed E-state index contributed by atoms with van der Waals surface area (Å²) in [6.45, 7) is 0.397. The molecule has 0 saturated heterocycles. The molecule has 1 aliphatic heterocycles. The molecule has 2 aromatic rings. The Labute approximate surface area is 121 Å². The Bertz CT molecular complexity index is 692. The van der Waals surface area contributed by atoms with Gasteiger partial charge in [-0.2, -0.15) is 5.26 Å². The lowest BCUT2D eigenvalue weighted by Crippen LogP contribution is -2.27. The van der Waals surface area contributed by atoms with Crippen LogP contribution in [0.3, 0.4) is 0 Å². The standard InChI is InChI=1S/C9H4N2O2S5/c10-2-1-3-11-4-6(12)15-17-8(4)14-9-5(11)7(13)16-18-9/h1,3H2. The second-order valence-corrected chi connectivity index (χ2v) is 9.10. The zero-order chi connectivity index (χ0) is 12.7. The van der Waals surface area contributed by atoms with E-state index in [1.807, 2.05) is 0 Å². The van der Waals surface area contributed by atoms with Crippen molar-refractivity contribution in [1.82, 2.24) is 0 Å². The van der Waals surface area contributed by atoms with Gasteiger partial charge in [0.1, 0.15) is 19.8 Å². The van der Waals surface area contributed by atoms with Crippen molar-refractivity contribution in [2.24, 2.45) is 0 Å². The molecule has 3 heterocycles. The quantitative estimate of drug-likeness (QED) is 0.791. The molecular formula is C9H4N2O2S5. The number of fused-ring (bicyclic) bond motifs is 2. The van der Waals surface area contributed by atoms with Gasteiger partial charge in [0.15, 0.2) is 0 Å². The van der Waals surface area contributed by atoms with Crippen molar-refractivity contribution in [1.29, 1.82) is 5.26 Å². The van der Waals surface area contributed by atoms with Crippen molar-refractivity contribution in [2.45, 2.75) is 14.8 Å². The van der Waals surface area contributed by atoms with Crippen molar-refractivity contribution in [3.05, 3.63) is 19.1 Å². The highest BCUT2D eigenvalue weighted by molar-refractivity contribution is 8.06. The largest absolute Gasteiger partial charge is 0.329 e. The second kappa shape index (κ2) is 4.79. The molecule has 0 aliphatic carbocycles. The van der Waals surface area contributed by atoms with Gasteiger partial charge in [-0.1, -0.05) is 32.4 Å². The Balaban J connectivity index is 2.18. The van der Waals surface area contributed by atoms with E-state index >= 15 is 0 Å². The highest BCUT2D eigenvalue weighted by Gasteiger charge is 2.31. The topological polar surface area (TPSA) is 61.2 Å². The normalized spacial score (nSPS) is 12.9.